The van der Waals surface area contributed by atoms with Gasteiger partial charge < -0.3 is 24.6 Å². The van der Waals surface area contributed by atoms with Gasteiger partial charge in [0.25, 0.3) is 0 Å². The lowest BCUT2D eigenvalue weighted by molar-refractivity contribution is 0.122. The molecule has 2 heterocycles. The predicted octanol–water partition coefficient (Wildman–Crippen LogP) is 1.42. The Morgan fingerprint density at radius 3 is 2.77 bits per heavy atom. The van der Waals surface area contributed by atoms with E-state index in [1.807, 2.05) is 19.0 Å². The maximum absolute atomic E-state index is 14.6. The van der Waals surface area contributed by atoms with E-state index in [2.05, 4.69) is 5.32 Å². The first-order chi connectivity index (χ1) is 12.5. The zero-order valence-corrected chi connectivity index (χ0v) is 15.7. The van der Waals surface area contributed by atoms with E-state index >= 15 is 0 Å². The molecule has 7 nitrogen and oxygen atoms in total. The number of halogens is 1. The highest BCUT2D eigenvalue weighted by Crippen LogP contribution is 2.28. The lowest BCUT2D eigenvalue weighted by atomic mass is 10.2. The number of amides is 1. The Kier molecular flexibility index (Phi) is 5.77. The Morgan fingerprint density at radius 2 is 2.12 bits per heavy atom. The number of hydrogen-bond donors (Lipinski definition) is 1. The Bertz CT molecular complexity index is 682. The number of nitrogens with zero attached hydrogens (tertiary/aromatic N) is 3. The third kappa shape index (κ3) is 4.16. The summed E-state index contributed by atoms with van der Waals surface area (Å²) in [4.78, 5) is 17.3. The molecule has 1 N–H and O–H groups in total. The third-order valence-electron chi connectivity index (χ3n) is 4.36. The fourth-order valence-electron chi connectivity index (χ4n) is 2.92. The molecular weight excluding hydrogens is 359 g/mol. The van der Waals surface area contributed by atoms with Gasteiger partial charge in [-0.3, -0.25) is 4.90 Å². The highest BCUT2D eigenvalue weighted by atomic mass is 32.1. The summed E-state index contributed by atoms with van der Waals surface area (Å²) in [6.45, 7) is 3.24. The largest absolute Gasteiger partial charge is 0.442 e. The molecule has 2 aliphatic rings. The molecule has 1 aromatic rings. The molecule has 2 fully saturated rings. The van der Waals surface area contributed by atoms with E-state index in [1.54, 1.807) is 17.0 Å². The van der Waals surface area contributed by atoms with Gasteiger partial charge in [0.05, 0.1) is 37.7 Å². The molecule has 0 aliphatic carbocycles. The minimum atomic E-state index is -0.480. The molecule has 3 rings (SSSR count). The number of thiocarbonyl (C=S) groups is 1. The van der Waals surface area contributed by atoms with Crippen molar-refractivity contribution in [1.82, 2.24) is 10.2 Å². The van der Waals surface area contributed by atoms with Crippen LogP contribution in [-0.4, -0.2) is 75.7 Å². The fraction of sp³-hybridized carbons (Fsp3) is 0.529. The van der Waals surface area contributed by atoms with Crippen molar-refractivity contribution >= 4 is 34.8 Å². The van der Waals surface area contributed by atoms with E-state index in [4.69, 9.17) is 21.7 Å². The zero-order valence-electron chi connectivity index (χ0n) is 14.9. The molecule has 0 bridgehead atoms. The number of benzene rings is 1. The Hall–Kier alpha value is -2.13. The van der Waals surface area contributed by atoms with Gasteiger partial charge in [0, 0.05) is 27.2 Å². The van der Waals surface area contributed by atoms with Crippen molar-refractivity contribution in [2.45, 2.75) is 6.10 Å². The van der Waals surface area contributed by atoms with Gasteiger partial charge in [-0.15, -0.1) is 0 Å². The Balaban J connectivity index is 1.64. The maximum atomic E-state index is 14.6. The van der Waals surface area contributed by atoms with Crippen LogP contribution in [0.4, 0.5) is 20.6 Å². The average Bonchev–Trinajstić information content (AvgIpc) is 3.01. The summed E-state index contributed by atoms with van der Waals surface area (Å²) >= 11 is 5.16. The maximum Gasteiger partial charge on any atom is 0.414 e. The van der Waals surface area contributed by atoms with Gasteiger partial charge in [0.2, 0.25) is 0 Å². The van der Waals surface area contributed by atoms with E-state index in [-0.39, 0.29) is 11.9 Å². The number of carbonyl (C=O) groups excluding carboxylic acids is 1. The zero-order chi connectivity index (χ0) is 18.7. The number of carbonyl (C=O) groups is 1. The molecule has 26 heavy (non-hydrogen) atoms. The summed E-state index contributed by atoms with van der Waals surface area (Å²) in [7, 11) is 3.67. The van der Waals surface area contributed by atoms with Crippen LogP contribution in [0.25, 0.3) is 0 Å². The van der Waals surface area contributed by atoms with Gasteiger partial charge in [-0.1, -0.05) is 0 Å². The van der Waals surface area contributed by atoms with Crippen LogP contribution in [0.5, 0.6) is 0 Å². The first-order valence-corrected chi connectivity index (χ1v) is 8.92. The van der Waals surface area contributed by atoms with Gasteiger partial charge >= 0.3 is 6.09 Å². The second kappa shape index (κ2) is 8.05. The van der Waals surface area contributed by atoms with Crippen LogP contribution in [-0.2, 0) is 9.47 Å². The van der Waals surface area contributed by atoms with Gasteiger partial charge in [-0.2, -0.15) is 0 Å². The normalized spacial score (nSPS) is 20.1. The lowest BCUT2D eigenvalue weighted by Gasteiger charge is -2.29. The van der Waals surface area contributed by atoms with E-state index < -0.39 is 6.09 Å². The van der Waals surface area contributed by atoms with Crippen LogP contribution < -0.4 is 15.1 Å². The minimum Gasteiger partial charge on any atom is -0.442 e. The predicted molar refractivity (Wildman–Crippen MR) is 101 cm³/mol. The summed E-state index contributed by atoms with van der Waals surface area (Å²) in [5.74, 6) is -0.354. The standard InChI is InChI=1S/C17H23FN4O3S/c1-20(2)16(26)19-10-13-11-22(17(23)25-13)12-3-4-15(14(18)9-12)21-5-7-24-8-6-21/h3-4,9,13H,5-8,10-11H2,1-2H3,(H,19,26). The van der Waals surface area contributed by atoms with Crippen molar-refractivity contribution in [1.29, 1.82) is 0 Å². The second-order valence-corrected chi connectivity index (χ2v) is 6.82. The molecule has 1 amide bonds. The summed E-state index contributed by atoms with van der Waals surface area (Å²) < 4.78 is 25.2. The van der Waals surface area contributed by atoms with Crippen LogP contribution in [0.1, 0.15) is 0 Å². The number of morpholine rings is 1. The van der Waals surface area contributed by atoms with Crippen molar-refractivity contribution in [3.8, 4) is 0 Å². The fourth-order valence-corrected chi connectivity index (χ4v) is 3.01. The molecular formula is C17H23FN4O3S. The highest BCUT2D eigenvalue weighted by molar-refractivity contribution is 7.80. The number of cyclic esters (lactones) is 1. The number of ether oxygens (including phenoxy) is 2. The molecule has 0 spiro atoms. The Labute approximate surface area is 157 Å². The van der Waals surface area contributed by atoms with Crippen molar-refractivity contribution in [2.75, 3.05) is 63.3 Å². The van der Waals surface area contributed by atoms with Crippen LogP contribution in [0.15, 0.2) is 18.2 Å². The SMILES string of the molecule is CN(C)C(=S)NCC1CN(c2ccc(N3CCOCC3)c(F)c2)C(=O)O1. The number of nitrogens with one attached hydrogen (secondary N) is 1. The summed E-state index contributed by atoms with van der Waals surface area (Å²) in [5, 5.41) is 3.61. The van der Waals surface area contributed by atoms with Crippen molar-refractivity contribution in [2.24, 2.45) is 0 Å². The number of hydrogen-bond acceptors (Lipinski definition) is 5. The molecule has 2 aliphatic heterocycles. The van der Waals surface area contributed by atoms with E-state index in [0.717, 1.165) is 0 Å². The van der Waals surface area contributed by atoms with Gasteiger partial charge in [-0.05, 0) is 30.4 Å². The van der Waals surface area contributed by atoms with Crippen molar-refractivity contribution < 1.29 is 18.7 Å². The topological polar surface area (TPSA) is 57.3 Å². The van der Waals surface area contributed by atoms with Gasteiger partial charge in [0.1, 0.15) is 11.9 Å². The third-order valence-corrected chi connectivity index (χ3v) is 4.87. The molecule has 9 heteroatoms. The summed E-state index contributed by atoms with van der Waals surface area (Å²) in [5.41, 5.74) is 1.02. The number of rotatable bonds is 4. The quantitative estimate of drug-likeness (QED) is 0.791. The molecule has 0 saturated carbocycles. The molecule has 1 unspecified atom stereocenters. The molecule has 0 aromatic heterocycles. The van der Waals surface area contributed by atoms with E-state index in [0.29, 0.717) is 55.9 Å². The smallest absolute Gasteiger partial charge is 0.414 e. The van der Waals surface area contributed by atoms with Crippen molar-refractivity contribution in [3.05, 3.63) is 24.0 Å². The molecule has 2 saturated heterocycles. The van der Waals surface area contributed by atoms with Crippen molar-refractivity contribution in [3.63, 3.8) is 0 Å². The minimum absolute atomic E-state index is 0.345. The first-order valence-electron chi connectivity index (χ1n) is 8.51. The summed E-state index contributed by atoms with van der Waals surface area (Å²) in [6, 6.07) is 4.83. The molecule has 142 valence electrons. The lowest BCUT2D eigenvalue weighted by Crippen LogP contribution is -2.40. The summed E-state index contributed by atoms with van der Waals surface area (Å²) in [6.07, 6.45) is -0.825. The molecule has 0 radical (unpaired) electrons. The number of anilines is 2. The van der Waals surface area contributed by atoms with Gasteiger partial charge in [0.15, 0.2) is 5.11 Å². The monoisotopic (exact) mass is 382 g/mol. The first kappa shape index (κ1) is 18.7. The highest BCUT2D eigenvalue weighted by Gasteiger charge is 2.33. The Morgan fingerprint density at radius 1 is 1.38 bits per heavy atom. The van der Waals surface area contributed by atoms with Crippen LogP contribution in [0.3, 0.4) is 0 Å². The van der Waals surface area contributed by atoms with Crippen LogP contribution in [0.2, 0.25) is 0 Å². The average molecular weight is 382 g/mol. The molecule has 1 atom stereocenters. The van der Waals surface area contributed by atoms with E-state index in [9.17, 15) is 9.18 Å². The van der Waals surface area contributed by atoms with Crippen LogP contribution >= 0.6 is 12.2 Å². The van der Waals surface area contributed by atoms with E-state index in [1.165, 1.54) is 11.0 Å². The second-order valence-electron chi connectivity index (χ2n) is 6.43. The van der Waals surface area contributed by atoms with Crippen LogP contribution in [0, 0.1) is 5.82 Å². The molecule has 1 aromatic carbocycles. The van der Waals surface area contributed by atoms with Gasteiger partial charge in [-0.25, -0.2) is 9.18 Å².